The summed E-state index contributed by atoms with van der Waals surface area (Å²) in [5, 5.41) is 9.77. The average molecular weight is 509 g/mol. The van der Waals surface area contributed by atoms with Crippen LogP contribution in [0.15, 0.2) is 83.9 Å². The molecule has 0 bridgehead atoms. The molecule has 37 heavy (non-hydrogen) atoms. The Morgan fingerprint density at radius 3 is 2.14 bits per heavy atom. The molecule has 3 aromatic rings. The number of hydrogen-bond acceptors (Lipinski definition) is 5. The number of hydrogen-bond donors (Lipinski definition) is 0. The zero-order valence-electron chi connectivity index (χ0n) is 20.8. The first-order chi connectivity index (χ1) is 17.5. The number of esters is 1. The van der Waals surface area contributed by atoms with Crippen molar-refractivity contribution < 1.29 is 27.4 Å². The highest BCUT2D eigenvalue weighted by Gasteiger charge is 2.32. The number of alkyl halides is 3. The van der Waals surface area contributed by atoms with Crippen molar-refractivity contribution in [1.82, 2.24) is 0 Å². The van der Waals surface area contributed by atoms with Crippen LogP contribution in [0.25, 0.3) is 0 Å². The van der Waals surface area contributed by atoms with Gasteiger partial charge in [0, 0.05) is 5.56 Å². The molecule has 0 amide bonds. The fourth-order valence-corrected chi connectivity index (χ4v) is 3.62. The zero-order chi connectivity index (χ0) is 27.1. The van der Waals surface area contributed by atoms with Gasteiger partial charge in [-0.05, 0) is 62.6 Å². The topological polar surface area (TPSA) is 71.7 Å². The summed E-state index contributed by atoms with van der Waals surface area (Å²) in [5.41, 5.74) is 0.0868. The van der Waals surface area contributed by atoms with Crippen LogP contribution in [-0.2, 0) is 22.1 Å². The first-order valence-electron chi connectivity index (χ1n) is 11.7. The molecule has 0 heterocycles. The fraction of sp³-hybridized carbons (Fsp3) is 0.276. The van der Waals surface area contributed by atoms with E-state index in [-0.39, 0.29) is 12.3 Å². The number of nitriles is 1. The zero-order valence-corrected chi connectivity index (χ0v) is 20.8. The first kappa shape index (κ1) is 27.5. The number of rotatable bonds is 9. The SMILES string of the molecule is CCOC(=O)C(C)(C)Oc1ccc([C@@H](Cc2ccccc2)/N=C(\C#N)c2ccc(C(F)(F)F)cc2)cc1. The lowest BCUT2D eigenvalue weighted by atomic mass is 9.98. The summed E-state index contributed by atoms with van der Waals surface area (Å²) >= 11 is 0. The van der Waals surface area contributed by atoms with Crippen molar-refractivity contribution in [2.24, 2.45) is 4.99 Å². The lowest BCUT2D eigenvalue weighted by Gasteiger charge is -2.24. The van der Waals surface area contributed by atoms with E-state index in [1.165, 1.54) is 12.1 Å². The van der Waals surface area contributed by atoms with Gasteiger partial charge in [0.25, 0.3) is 0 Å². The largest absolute Gasteiger partial charge is 0.476 e. The second-order valence-corrected chi connectivity index (χ2v) is 8.77. The lowest BCUT2D eigenvalue weighted by molar-refractivity contribution is -0.158. The molecule has 0 aliphatic heterocycles. The van der Waals surface area contributed by atoms with Crippen LogP contribution in [-0.4, -0.2) is 23.9 Å². The van der Waals surface area contributed by atoms with Gasteiger partial charge in [-0.3, -0.25) is 4.99 Å². The van der Waals surface area contributed by atoms with Crippen LogP contribution >= 0.6 is 0 Å². The second kappa shape index (κ2) is 11.7. The summed E-state index contributed by atoms with van der Waals surface area (Å²) in [4.78, 5) is 16.8. The molecule has 8 heteroatoms. The molecule has 0 aromatic heterocycles. The predicted octanol–water partition coefficient (Wildman–Crippen LogP) is 6.72. The van der Waals surface area contributed by atoms with Gasteiger partial charge in [-0.1, -0.05) is 54.6 Å². The number of carbonyl (C=O) groups is 1. The van der Waals surface area contributed by atoms with Crippen LogP contribution in [0.3, 0.4) is 0 Å². The average Bonchev–Trinajstić information content (AvgIpc) is 2.87. The maximum atomic E-state index is 13.0. The minimum atomic E-state index is -4.47. The van der Waals surface area contributed by atoms with Crippen molar-refractivity contribution in [1.29, 1.82) is 5.26 Å². The third kappa shape index (κ3) is 7.43. The molecule has 0 aliphatic rings. The minimum absolute atomic E-state index is 0.0263. The van der Waals surface area contributed by atoms with Crippen LogP contribution < -0.4 is 4.74 Å². The fourth-order valence-electron chi connectivity index (χ4n) is 3.62. The third-order valence-corrected chi connectivity index (χ3v) is 5.55. The number of benzene rings is 3. The number of ether oxygens (including phenoxy) is 2. The summed E-state index contributed by atoms with van der Waals surface area (Å²) in [6, 6.07) is 22.4. The molecule has 0 aliphatic carbocycles. The van der Waals surface area contributed by atoms with Gasteiger partial charge in [0.2, 0.25) is 0 Å². The molecule has 0 fully saturated rings. The van der Waals surface area contributed by atoms with Gasteiger partial charge < -0.3 is 9.47 Å². The van der Waals surface area contributed by atoms with Gasteiger partial charge in [0.05, 0.1) is 18.2 Å². The molecule has 0 radical (unpaired) electrons. The van der Waals surface area contributed by atoms with E-state index in [9.17, 15) is 23.2 Å². The molecule has 3 rings (SSSR count). The second-order valence-electron chi connectivity index (χ2n) is 8.77. The van der Waals surface area contributed by atoms with Crippen molar-refractivity contribution in [3.8, 4) is 11.8 Å². The van der Waals surface area contributed by atoms with E-state index in [4.69, 9.17) is 9.47 Å². The van der Waals surface area contributed by atoms with Crippen LogP contribution in [0, 0.1) is 11.3 Å². The smallest absolute Gasteiger partial charge is 0.416 e. The molecular weight excluding hydrogens is 481 g/mol. The van der Waals surface area contributed by atoms with Gasteiger partial charge in [-0.15, -0.1) is 0 Å². The van der Waals surface area contributed by atoms with E-state index >= 15 is 0 Å². The van der Waals surface area contributed by atoms with Gasteiger partial charge in [0.15, 0.2) is 5.60 Å². The molecule has 5 nitrogen and oxygen atoms in total. The van der Waals surface area contributed by atoms with Gasteiger partial charge in [-0.25, -0.2) is 4.79 Å². The first-order valence-corrected chi connectivity index (χ1v) is 11.7. The van der Waals surface area contributed by atoms with Crippen molar-refractivity contribution in [3.05, 3.63) is 101 Å². The number of nitrogens with zero attached hydrogens (tertiary/aromatic N) is 2. The van der Waals surface area contributed by atoms with Crippen molar-refractivity contribution in [2.75, 3.05) is 6.61 Å². The van der Waals surface area contributed by atoms with Gasteiger partial charge in [0.1, 0.15) is 17.5 Å². The molecule has 0 saturated heterocycles. The molecule has 3 aromatic carbocycles. The van der Waals surface area contributed by atoms with E-state index in [0.29, 0.717) is 17.7 Å². The molecule has 0 N–H and O–H groups in total. The Morgan fingerprint density at radius 2 is 1.59 bits per heavy atom. The maximum Gasteiger partial charge on any atom is 0.416 e. The van der Waals surface area contributed by atoms with E-state index in [0.717, 1.165) is 23.3 Å². The normalized spacial score (nSPS) is 12.9. The van der Waals surface area contributed by atoms with Gasteiger partial charge >= 0.3 is 12.1 Å². The van der Waals surface area contributed by atoms with E-state index in [1.54, 1.807) is 45.0 Å². The Hall–Kier alpha value is -4.12. The summed E-state index contributed by atoms with van der Waals surface area (Å²) in [7, 11) is 0. The number of halogens is 3. The molecule has 0 saturated carbocycles. The Labute approximate surface area is 214 Å². The van der Waals surface area contributed by atoms with E-state index in [1.807, 2.05) is 36.4 Å². The Kier molecular flexibility index (Phi) is 8.72. The molecule has 0 spiro atoms. The number of carbonyl (C=O) groups excluding carboxylic acids is 1. The van der Waals surface area contributed by atoms with Crippen LogP contribution in [0.2, 0.25) is 0 Å². The maximum absolute atomic E-state index is 13.0. The highest BCUT2D eigenvalue weighted by atomic mass is 19.4. The summed E-state index contributed by atoms with van der Waals surface area (Å²) < 4.78 is 49.8. The molecule has 0 unspecified atom stereocenters. The summed E-state index contributed by atoms with van der Waals surface area (Å²) in [5.74, 6) is -0.0340. The lowest BCUT2D eigenvalue weighted by Crippen LogP contribution is -2.39. The van der Waals surface area contributed by atoms with Crippen LogP contribution in [0.1, 0.15) is 49.1 Å². The van der Waals surface area contributed by atoms with Crippen molar-refractivity contribution in [3.63, 3.8) is 0 Å². The van der Waals surface area contributed by atoms with Crippen LogP contribution in [0.5, 0.6) is 5.75 Å². The predicted molar refractivity (Wildman–Crippen MR) is 134 cm³/mol. The summed E-state index contributed by atoms with van der Waals surface area (Å²) in [6.07, 6.45) is -4.01. The Morgan fingerprint density at radius 1 is 0.973 bits per heavy atom. The summed E-state index contributed by atoms with van der Waals surface area (Å²) in [6.45, 7) is 5.19. The van der Waals surface area contributed by atoms with Crippen molar-refractivity contribution >= 4 is 11.7 Å². The quantitative estimate of drug-likeness (QED) is 0.238. The van der Waals surface area contributed by atoms with E-state index < -0.39 is 29.4 Å². The number of aliphatic imine (C=N–C) groups is 1. The monoisotopic (exact) mass is 508 g/mol. The minimum Gasteiger partial charge on any atom is -0.476 e. The highest BCUT2D eigenvalue weighted by Crippen LogP contribution is 2.30. The van der Waals surface area contributed by atoms with Crippen LogP contribution in [0.4, 0.5) is 13.2 Å². The third-order valence-electron chi connectivity index (χ3n) is 5.55. The van der Waals surface area contributed by atoms with Crippen molar-refractivity contribution in [2.45, 2.75) is 45.0 Å². The standard InChI is InChI=1S/C29H27F3N2O3/c1-4-36-27(35)28(2,3)37-24-16-12-21(13-17-24)25(18-20-8-6-5-7-9-20)34-26(19-33)22-10-14-23(15-11-22)29(30,31)32/h5-17,25H,4,18H2,1-3H3/b34-26+/t25-/m1/s1. The van der Waals surface area contributed by atoms with E-state index in [2.05, 4.69) is 4.99 Å². The highest BCUT2D eigenvalue weighted by molar-refractivity contribution is 6.11. The Balaban J connectivity index is 1.93. The molecule has 192 valence electrons. The Bertz CT molecular complexity index is 1260. The molecular formula is C29H27F3N2O3. The van der Waals surface area contributed by atoms with Gasteiger partial charge in [-0.2, -0.15) is 18.4 Å². The molecule has 1 atom stereocenters.